The van der Waals surface area contributed by atoms with Gasteiger partial charge in [-0.3, -0.25) is 0 Å². The predicted molar refractivity (Wildman–Crippen MR) is 128 cm³/mol. The molecular weight excluding hydrogens is 396 g/mol. The number of hydrogen-bond acceptors (Lipinski definition) is 3. The maximum atomic E-state index is 9.20. The molecule has 0 aliphatic carbocycles. The lowest BCUT2D eigenvalue weighted by Crippen LogP contribution is -1.97. The summed E-state index contributed by atoms with van der Waals surface area (Å²) in [4.78, 5) is 3.29. The topological polar surface area (TPSA) is 55.2 Å². The molecule has 0 spiro atoms. The average molecular weight is 425 g/mol. The van der Waals surface area contributed by atoms with E-state index in [2.05, 4.69) is 11.8 Å². The van der Waals surface area contributed by atoms with Gasteiger partial charge in [-0.15, -0.1) is 0 Å². The van der Waals surface area contributed by atoms with Crippen LogP contribution in [0.2, 0.25) is 0 Å². The van der Waals surface area contributed by atoms with Crippen molar-refractivity contribution in [2.75, 3.05) is 6.61 Å². The molecule has 0 radical (unpaired) electrons. The summed E-state index contributed by atoms with van der Waals surface area (Å²) in [6.07, 6.45) is 10.8. The quantitative estimate of drug-likeness (QED) is 0.188. The Bertz CT molecular complexity index is 1080. The van der Waals surface area contributed by atoms with Crippen molar-refractivity contribution in [3.8, 4) is 28.8 Å². The number of allylic oxidation sites excluding steroid dienone is 1. The zero-order valence-electron chi connectivity index (χ0n) is 18.5. The number of para-hydroxylation sites is 1. The van der Waals surface area contributed by atoms with E-state index in [9.17, 15) is 5.26 Å². The first-order valence-electron chi connectivity index (χ1n) is 11.1. The number of hydrogen-bond donors (Lipinski definition) is 0. The Morgan fingerprint density at radius 1 is 1.06 bits per heavy atom. The Morgan fingerprint density at radius 2 is 1.78 bits per heavy atom. The molecule has 0 N–H and O–H groups in total. The van der Waals surface area contributed by atoms with E-state index < -0.39 is 0 Å². The van der Waals surface area contributed by atoms with Crippen molar-refractivity contribution in [3.05, 3.63) is 83.5 Å². The van der Waals surface area contributed by atoms with Crippen LogP contribution in [0.4, 0.5) is 0 Å². The molecule has 0 aliphatic rings. The van der Waals surface area contributed by atoms with Crippen LogP contribution in [0.25, 0.3) is 27.9 Å². The number of unbranched alkanes of at least 4 members (excludes halogenated alkanes) is 5. The molecule has 0 saturated carbocycles. The van der Waals surface area contributed by atoms with Gasteiger partial charge in [0, 0.05) is 17.3 Å². The number of ether oxygens (including phenoxy) is 1. The van der Waals surface area contributed by atoms with Crippen molar-refractivity contribution in [2.45, 2.75) is 45.4 Å². The lowest BCUT2D eigenvalue weighted by atomic mass is 10.1. The van der Waals surface area contributed by atoms with Gasteiger partial charge in [0.15, 0.2) is 0 Å². The molecule has 5 nitrogen and oxygen atoms in total. The molecule has 3 aromatic rings. The molecule has 0 fully saturated rings. The summed E-state index contributed by atoms with van der Waals surface area (Å²) in [7, 11) is 0. The minimum absolute atomic E-state index is 0.0257. The summed E-state index contributed by atoms with van der Waals surface area (Å²) in [5, 5.41) is 13.9. The fourth-order valence-electron chi connectivity index (χ4n) is 3.45. The summed E-state index contributed by atoms with van der Waals surface area (Å²) < 4.78 is 7.65. The molecule has 0 aliphatic heterocycles. The van der Waals surface area contributed by atoms with E-state index in [0.717, 1.165) is 35.6 Å². The van der Waals surface area contributed by atoms with Gasteiger partial charge in [0.05, 0.1) is 30.6 Å². The molecule has 1 aromatic heterocycles. The molecule has 0 saturated heterocycles. The average Bonchev–Trinajstić information content (AvgIpc) is 3.26. The monoisotopic (exact) mass is 424 g/mol. The van der Waals surface area contributed by atoms with E-state index in [4.69, 9.17) is 16.4 Å². The zero-order chi connectivity index (χ0) is 22.6. The molecule has 0 atom stereocenters. The second-order valence-corrected chi connectivity index (χ2v) is 7.61. The Hall–Kier alpha value is -3.83. The van der Waals surface area contributed by atoms with E-state index >= 15 is 0 Å². The highest BCUT2D eigenvalue weighted by Gasteiger charge is 2.12. The summed E-state index contributed by atoms with van der Waals surface area (Å²) in [5.74, 6) is 0.834. The summed E-state index contributed by atoms with van der Waals surface area (Å²) in [5.41, 5.74) is 3.28. The van der Waals surface area contributed by atoms with Crippen molar-refractivity contribution >= 4 is 6.08 Å². The van der Waals surface area contributed by atoms with Crippen molar-refractivity contribution in [1.82, 2.24) is 9.78 Å². The first-order chi connectivity index (χ1) is 15.7. The fourth-order valence-corrected chi connectivity index (χ4v) is 3.45. The van der Waals surface area contributed by atoms with Gasteiger partial charge in [-0.1, -0.05) is 57.2 Å². The predicted octanol–water partition coefficient (Wildman–Crippen LogP) is 7.06. The van der Waals surface area contributed by atoms with Gasteiger partial charge in [-0.25, -0.2) is 14.8 Å². The van der Waals surface area contributed by atoms with Crippen molar-refractivity contribution in [1.29, 1.82) is 5.26 Å². The second-order valence-electron chi connectivity index (χ2n) is 7.61. The van der Waals surface area contributed by atoms with Crippen LogP contribution in [0.15, 0.2) is 66.5 Å². The van der Waals surface area contributed by atoms with Crippen LogP contribution in [0, 0.1) is 17.9 Å². The highest BCUT2D eigenvalue weighted by Crippen LogP contribution is 2.27. The molecule has 2 aromatic carbocycles. The van der Waals surface area contributed by atoms with Crippen LogP contribution in [0.5, 0.6) is 5.75 Å². The van der Waals surface area contributed by atoms with Gasteiger partial charge in [0.25, 0.3) is 5.70 Å². The molecule has 162 valence electrons. The van der Waals surface area contributed by atoms with Crippen LogP contribution in [-0.4, -0.2) is 16.4 Å². The maximum absolute atomic E-state index is 9.20. The van der Waals surface area contributed by atoms with E-state index in [-0.39, 0.29) is 5.70 Å². The largest absolute Gasteiger partial charge is 0.494 e. The molecule has 3 rings (SSSR count). The van der Waals surface area contributed by atoms with E-state index in [1.807, 2.05) is 66.9 Å². The zero-order valence-corrected chi connectivity index (χ0v) is 18.5. The van der Waals surface area contributed by atoms with Crippen molar-refractivity contribution in [3.63, 3.8) is 0 Å². The number of nitriles is 1. The van der Waals surface area contributed by atoms with Crippen molar-refractivity contribution in [2.24, 2.45) is 0 Å². The first-order valence-corrected chi connectivity index (χ1v) is 11.1. The minimum atomic E-state index is 0.0257. The van der Waals surface area contributed by atoms with Gasteiger partial charge in [-0.05, 0) is 48.9 Å². The number of nitrogens with zero attached hydrogens (tertiary/aromatic N) is 4. The van der Waals surface area contributed by atoms with Crippen LogP contribution in [0.3, 0.4) is 0 Å². The second kappa shape index (κ2) is 12.1. The number of aromatic nitrogens is 2. The fraction of sp³-hybridized carbons (Fsp3) is 0.296. The third-order valence-electron chi connectivity index (χ3n) is 5.18. The summed E-state index contributed by atoms with van der Waals surface area (Å²) in [6.45, 7) is 10.1. The SMILES string of the molecule is [C-]#[N+]/C(C#N)=C/c1cn(-c2ccccc2)nc1-c1ccc(OCCCCCCCC)cc1. The smallest absolute Gasteiger partial charge is 0.262 e. The first kappa shape index (κ1) is 22.8. The van der Waals surface area contributed by atoms with Gasteiger partial charge in [0.1, 0.15) is 5.75 Å². The van der Waals surface area contributed by atoms with E-state index in [1.54, 1.807) is 10.8 Å². The Labute approximate surface area is 190 Å². The maximum Gasteiger partial charge on any atom is 0.262 e. The van der Waals surface area contributed by atoms with Crippen LogP contribution >= 0.6 is 0 Å². The Balaban J connectivity index is 1.75. The number of benzene rings is 2. The lowest BCUT2D eigenvalue weighted by molar-refractivity contribution is 0.304. The highest BCUT2D eigenvalue weighted by atomic mass is 16.5. The molecule has 1 heterocycles. The minimum Gasteiger partial charge on any atom is -0.494 e. The van der Waals surface area contributed by atoms with Gasteiger partial charge < -0.3 is 4.74 Å². The van der Waals surface area contributed by atoms with Crippen molar-refractivity contribution < 1.29 is 4.74 Å². The normalized spacial score (nSPS) is 11.0. The lowest BCUT2D eigenvalue weighted by Gasteiger charge is -2.07. The third-order valence-corrected chi connectivity index (χ3v) is 5.18. The molecular formula is C27H28N4O. The molecule has 0 bridgehead atoms. The molecule has 0 unspecified atom stereocenters. The Kier molecular flexibility index (Phi) is 8.66. The molecule has 0 amide bonds. The van der Waals surface area contributed by atoms with Gasteiger partial charge in [-0.2, -0.15) is 5.10 Å². The van der Waals surface area contributed by atoms with Crippen LogP contribution in [0.1, 0.15) is 51.0 Å². The Morgan fingerprint density at radius 3 is 2.47 bits per heavy atom. The molecule has 32 heavy (non-hydrogen) atoms. The summed E-state index contributed by atoms with van der Waals surface area (Å²) >= 11 is 0. The third kappa shape index (κ3) is 6.33. The van der Waals surface area contributed by atoms with Gasteiger partial charge in [0.2, 0.25) is 0 Å². The number of rotatable bonds is 11. The standard InChI is InChI=1S/C27H28N4O/c1-3-4-5-6-7-11-18-32-26-16-14-22(15-17-26)27-23(19-24(20-28)29-2)21-31(30-27)25-12-9-8-10-13-25/h8-10,12-17,19,21H,3-7,11,18H2,1H3/b24-19+. The van der Waals surface area contributed by atoms with Crippen LogP contribution in [-0.2, 0) is 0 Å². The van der Waals surface area contributed by atoms with E-state index in [1.165, 1.54) is 32.1 Å². The van der Waals surface area contributed by atoms with Crippen LogP contribution < -0.4 is 4.74 Å². The van der Waals surface area contributed by atoms with E-state index in [0.29, 0.717) is 5.69 Å². The summed E-state index contributed by atoms with van der Waals surface area (Å²) in [6, 6.07) is 19.5. The molecule has 5 heteroatoms. The highest BCUT2D eigenvalue weighted by molar-refractivity contribution is 5.75. The van der Waals surface area contributed by atoms with Gasteiger partial charge >= 0.3 is 0 Å².